The number of aromatic nitrogens is 2. The number of piperidine rings is 1. The van der Waals surface area contributed by atoms with Crippen molar-refractivity contribution >= 4 is 22.5 Å². The molecule has 3 saturated heterocycles. The smallest absolute Gasteiger partial charge is 0.0858 e. The molecule has 3 aliphatic heterocycles. The molecule has 4 nitrogen and oxygen atoms in total. The van der Waals surface area contributed by atoms with Gasteiger partial charge in [0.1, 0.15) is 0 Å². The van der Waals surface area contributed by atoms with Crippen LogP contribution in [-0.4, -0.2) is 52.3 Å². The van der Waals surface area contributed by atoms with Crippen LogP contribution in [0.1, 0.15) is 18.5 Å². The summed E-state index contributed by atoms with van der Waals surface area (Å²) in [7, 11) is 4.27. The minimum absolute atomic E-state index is 0.698. The maximum absolute atomic E-state index is 6.44. The van der Waals surface area contributed by atoms with Gasteiger partial charge in [-0.3, -0.25) is 9.58 Å². The summed E-state index contributed by atoms with van der Waals surface area (Å²) < 4.78 is 1.95. The van der Waals surface area contributed by atoms with Crippen molar-refractivity contribution < 1.29 is 0 Å². The van der Waals surface area contributed by atoms with Gasteiger partial charge in [0.15, 0.2) is 0 Å². The van der Waals surface area contributed by atoms with Crippen LogP contribution < -0.4 is 0 Å². The van der Waals surface area contributed by atoms with Crippen LogP contribution in [0.15, 0.2) is 18.2 Å². The second-order valence-corrected chi connectivity index (χ2v) is 7.34. The van der Waals surface area contributed by atoms with Crippen molar-refractivity contribution in [2.24, 2.45) is 13.0 Å². The average molecular weight is 319 g/mol. The second-order valence-electron chi connectivity index (χ2n) is 6.94. The van der Waals surface area contributed by atoms with Crippen LogP contribution in [0.2, 0.25) is 5.02 Å². The topological polar surface area (TPSA) is 24.3 Å². The molecule has 0 saturated carbocycles. The molecule has 2 aromatic rings. The molecule has 2 atom stereocenters. The van der Waals surface area contributed by atoms with Crippen LogP contribution in [0.25, 0.3) is 10.9 Å². The molecule has 5 rings (SSSR count). The summed E-state index contributed by atoms with van der Waals surface area (Å²) in [4.78, 5) is 5.12. The highest BCUT2D eigenvalue weighted by molar-refractivity contribution is 6.35. The summed E-state index contributed by atoms with van der Waals surface area (Å²) in [5.41, 5.74) is 2.24. The molecule has 5 heteroatoms. The summed E-state index contributed by atoms with van der Waals surface area (Å²) in [6.45, 7) is 4.48. The highest BCUT2D eigenvalue weighted by Gasteiger charge is 2.33. The molecule has 3 aliphatic rings. The number of hydrogen-bond acceptors (Lipinski definition) is 3. The molecule has 4 heterocycles. The lowest BCUT2D eigenvalue weighted by molar-refractivity contribution is 0.165. The maximum Gasteiger partial charge on any atom is 0.0858 e. The molecule has 0 spiro atoms. The highest BCUT2D eigenvalue weighted by atomic mass is 35.5. The molecular formula is C17H23ClN4. The second kappa shape index (κ2) is 5.52. The van der Waals surface area contributed by atoms with Gasteiger partial charge in [-0.25, -0.2) is 0 Å². The third-order valence-electron chi connectivity index (χ3n) is 5.34. The first kappa shape index (κ1) is 14.5. The zero-order valence-electron chi connectivity index (χ0n) is 13.3. The Kier molecular flexibility index (Phi) is 3.63. The van der Waals surface area contributed by atoms with Gasteiger partial charge >= 0.3 is 0 Å². The van der Waals surface area contributed by atoms with Gasteiger partial charge in [-0.1, -0.05) is 17.7 Å². The standard InChI is InChI=1S/C17H23ClN4/c1-20-8-12-6-7-13(20)10-22(9-12)11-15-17-14(18)4-3-5-16(17)21(2)19-15/h3-5,12-13H,6-11H2,1-2H3/t12-,13-/m1/s1. The predicted octanol–water partition coefficient (Wildman–Crippen LogP) is 2.75. The largest absolute Gasteiger partial charge is 0.302 e. The third-order valence-corrected chi connectivity index (χ3v) is 5.65. The van der Waals surface area contributed by atoms with Crippen molar-refractivity contribution in [2.75, 3.05) is 26.7 Å². The van der Waals surface area contributed by atoms with Crippen molar-refractivity contribution in [3.8, 4) is 0 Å². The van der Waals surface area contributed by atoms with Crippen molar-refractivity contribution in [3.05, 3.63) is 28.9 Å². The Morgan fingerprint density at radius 1 is 1.18 bits per heavy atom. The summed E-state index contributed by atoms with van der Waals surface area (Å²) in [5, 5.41) is 6.68. The Bertz CT molecular complexity index is 695. The highest BCUT2D eigenvalue weighted by Crippen LogP contribution is 2.30. The van der Waals surface area contributed by atoms with Gasteiger partial charge in [0, 0.05) is 44.7 Å². The zero-order chi connectivity index (χ0) is 15.3. The van der Waals surface area contributed by atoms with Gasteiger partial charge in [0.25, 0.3) is 0 Å². The first-order valence-electron chi connectivity index (χ1n) is 8.14. The van der Waals surface area contributed by atoms with E-state index in [1.807, 2.05) is 23.9 Å². The van der Waals surface area contributed by atoms with Crippen LogP contribution in [0.4, 0.5) is 0 Å². The number of halogens is 1. The number of benzene rings is 1. The number of nitrogens with zero attached hydrogens (tertiary/aromatic N) is 4. The molecule has 3 fully saturated rings. The first-order valence-corrected chi connectivity index (χ1v) is 8.52. The van der Waals surface area contributed by atoms with E-state index in [1.54, 1.807) is 0 Å². The Morgan fingerprint density at radius 3 is 2.86 bits per heavy atom. The fourth-order valence-corrected chi connectivity index (χ4v) is 4.50. The molecule has 1 aromatic carbocycles. The van der Waals surface area contributed by atoms with E-state index in [2.05, 4.69) is 22.9 Å². The van der Waals surface area contributed by atoms with Gasteiger partial charge in [-0.05, 0) is 37.9 Å². The van der Waals surface area contributed by atoms with Crippen LogP contribution >= 0.6 is 11.6 Å². The lowest BCUT2D eigenvalue weighted by Crippen LogP contribution is -2.40. The Morgan fingerprint density at radius 2 is 2.05 bits per heavy atom. The van der Waals surface area contributed by atoms with Crippen molar-refractivity contribution in [1.82, 2.24) is 19.6 Å². The van der Waals surface area contributed by atoms with E-state index in [1.165, 1.54) is 25.9 Å². The minimum Gasteiger partial charge on any atom is -0.302 e. The van der Waals surface area contributed by atoms with Gasteiger partial charge in [-0.15, -0.1) is 0 Å². The zero-order valence-corrected chi connectivity index (χ0v) is 14.1. The lowest BCUT2D eigenvalue weighted by atomic mass is 9.96. The molecule has 118 valence electrons. The van der Waals surface area contributed by atoms with E-state index in [-0.39, 0.29) is 0 Å². The van der Waals surface area contributed by atoms with Gasteiger partial charge < -0.3 is 4.90 Å². The molecule has 1 aromatic heterocycles. The number of fused-ring (bicyclic) bond motifs is 5. The molecular weight excluding hydrogens is 296 g/mol. The monoisotopic (exact) mass is 318 g/mol. The number of hydrogen-bond donors (Lipinski definition) is 0. The van der Waals surface area contributed by atoms with Crippen molar-refractivity contribution in [3.63, 3.8) is 0 Å². The van der Waals surface area contributed by atoms with E-state index in [0.29, 0.717) is 6.04 Å². The molecule has 22 heavy (non-hydrogen) atoms. The first-order chi connectivity index (χ1) is 10.6. The lowest BCUT2D eigenvalue weighted by Gasteiger charge is -2.32. The number of aryl methyl sites for hydroxylation is 1. The number of likely N-dealkylation sites (N-methyl/N-ethyl adjacent to an activating group) is 1. The summed E-state index contributed by atoms with van der Waals surface area (Å²) in [6, 6.07) is 6.76. The Labute approximate surface area is 136 Å². The van der Waals surface area contributed by atoms with Crippen LogP contribution in [0.3, 0.4) is 0 Å². The SMILES string of the molecule is CN1C[C@H]2CC[C@@H]1CN(Cc1nn(C)c3cccc(Cl)c13)C2. The summed E-state index contributed by atoms with van der Waals surface area (Å²) in [6.07, 6.45) is 2.70. The average Bonchev–Trinajstić information content (AvgIpc) is 2.62. The van der Waals surface area contributed by atoms with Gasteiger partial charge in [0.05, 0.1) is 16.2 Å². The van der Waals surface area contributed by atoms with E-state index in [9.17, 15) is 0 Å². The van der Waals surface area contributed by atoms with Crippen LogP contribution in [0, 0.1) is 5.92 Å². The third kappa shape index (κ3) is 2.43. The van der Waals surface area contributed by atoms with E-state index < -0.39 is 0 Å². The number of rotatable bonds is 2. The molecule has 0 aliphatic carbocycles. The van der Waals surface area contributed by atoms with Crippen LogP contribution in [-0.2, 0) is 13.6 Å². The molecule has 0 unspecified atom stereocenters. The molecule has 0 amide bonds. The van der Waals surface area contributed by atoms with Gasteiger partial charge in [-0.2, -0.15) is 5.10 Å². The molecule has 2 bridgehead atoms. The summed E-state index contributed by atoms with van der Waals surface area (Å²) in [5.74, 6) is 0.800. The van der Waals surface area contributed by atoms with E-state index >= 15 is 0 Å². The minimum atomic E-state index is 0.698. The van der Waals surface area contributed by atoms with Crippen molar-refractivity contribution in [2.45, 2.75) is 25.4 Å². The van der Waals surface area contributed by atoms with Crippen molar-refractivity contribution in [1.29, 1.82) is 0 Å². The fourth-order valence-electron chi connectivity index (χ4n) is 4.22. The maximum atomic E-state index is 6.44. The Balaban J connectivity index is 1.64. The van der Waals surface area contributed by atoms with Gasteiger partial charge in [0.2, 0.25) is 0 Å². The van der Waals surface area contributed by atoms with Crippen LogP contribution in [0.5, 0.6) is 0 Å². The van der Waals surface area contributed by atoms with E-state index in [4.69, 9.17) is 16.7 Å². The Hall–Kier alpha value is -1.10. The fraction of sp³-hybridized carbons (Fsp3) is 0.588. The quantitative estimate of drug-likeness (QED) is 0.851. The molecule has 0 radical (unpaired) electrons. The van der Waals surface area contributed by atoms with E-state index in [0.717, 1.165) is 40.6 Å². The summed E-state index contributed by atoms with van der Waals surface area (Å²) >= 11 is 6.44. The normalized spacial score (nSPS) is 26.7. The predicted molar refractivity (Wildman–Crippen MR) is 90.1 cm³/mol. The molecule has 0 N–H and O–H groups in total.